The first-order chi connectivity index (χ1) is 10.5. The van der Waals surface area contributed by atoms with Gasteiger partial charge in [0.25, 0.3) is 0 Å². The van der Waals surface area contributed by atoms with Crippen molar-refractivity contribution in [2.24, 2.45) is 0 Å². The Bertz CT molecular complexity index is 715. The first-order valence-corrected chi connectivity index (χ1v) is 6.71. The number of imide groups is 1. The summed E-state index contributed by atoms with van der Waals surface area (Å²) in [7, 11) is 0. The van der Waals surface area contributed by atoms with Gasteiger partial charge in [0.15, 0.2) is 0 Å². The summed E-state index contributed by atoms with van der Waals surface area (Å²) in [5.41, 5.74) is 3.33. The molecule has 0 saturated carbocycles. The van der Waals surface area contributed by atoms with Gasteiger partial charge in [-0.15, -0.1) is 0 Å². The van der Waals surface area contributed by atoms with Crippen LogP contribution in [-0.4, -0.2) is 34.0 Å². The molecule has 0 spiro atoms. The Hall–Kier alpha value is -2.83. The molecule has 0 radical (unpaired) electrons. The molecule has 7 nitrogen and oxygen atoms in total. The lowest BCUT2D eigenvalue weighted by Gasteiger charge is -2.16. The monoisotopic (exact) mass is 302 g/mol. The summed E-state index contributed by atoms with van der Waals surface area (Å²) in [5.74, 6) is 0.719. The van der Waals surface area contributed by atoms with E-state index in [0.717, 1.165) is 22.6 Å². The average Bonchev–Trinajstić information content (AvgIpc) is 3.02. The molecule has 1 aliphatic heterocycles. The van der Waals surface area contributed by atoms with Crippen LogP contribution in [-0.2, 0) is 4.74 Å². The molecule has 3 rings (SSSR count). The van der Waals surface area contributed by atoms with Gasteiger partial charge in [-0.1, -0.05) is 29.4 Å². The van der Waals surface area contributed by atoms with E-state index in [1.165, 1.54) is 0 Å². The quantitative estimate of drug-likeness (QED) is 0.916. The van der Waals surface area contributed by atoms with Crippen molar-refractivity contribution in [1.29, 1.82) is 0 Å². The molecule has 1 aliphatic rings. The zero-order valence-electron chi connectivity index (χ0n) is 12.1. The van der Waals surface area contributed by atoms with Crippen LogP contribution in [0.25, 0.3) is 11.1 Å². The first kappa shape index (κ1) is 14.1. The minimum absolute atomic E-state index is 0.0236. The molecule has 1 unspecified atom stereocenters. The van der Waals surface area contributed by atoms with E-state index in [1.807, 2.05) is 26.0 Å². The normalized spacial score (nSPS) is 17.6. The van der Waals surface area contributed by atoms with Crippen molar-refractivity contribution in [3.63, 3.8) is 0 Å². The van der Waals surface area contributed by atoms with E-state index in [-0.39, 0.29) is 6.61 Å². The fraction of sp³-hybridized carbons (Fsp3) is 0.267. The van der Waals surface area contributed by atoms with E-state index < -0.39 is 18.2 Å². The number of hydrogen-bond donors (Lipinski definition) is 1. The van der Waals surface area contributed by atoms with Gasteiger partial charge >= 0.3 is 12.2 Å². The number of carbonyl (C=O) groups is 2. The molecule has 0 aliphatic carbocycles. The topological polar surface area (TPSA) is 92.9 Å². The van der Waals surface area contributed by atoms with Crippen molar-refractivity contribution in [1.82, 2.24) is 10.1 Å². The molecule has 2 amide bonds. The summed E-state index contributed by atoms with van der Waals surface area (Å²) in [5, 5.41) is 13.0. The van der Waals surface area contributed by atoms with Crippen LogP contribution < -0.4 is 0 Å². The highest BCUT2D eigenvalue weighted by Crippen LogP contribution is 2.31. The van der Waals surface area contributed by atoms with E-state index in [0.29, 0.717) is 10.5 Å². The summed E-state index contributed by atoms with van der Waals surface area (Å²) in [4.78, 5) is 23.3. The summed E-state index contributed by atoms with van der Waals surface area (Å²) in [6.45, 7) is 3.71. The molecule has 0 bridgehead atoms. The van der Waals surface area contributed by atoms with Crippen molar-refractivity contribution in [2.45, 2.75) is 19.9 Å². The van der Waals surface area contributed by atoms with Crippen LogP contribution in [0, 0.1) is 13.8 Å². The van der Waals surface area contributed by atoms with Crippen LogP contribution in [0.5, 0.6) is 0 Å². The summed E-state index contributed by atoms with van der Waals surface area (Å²) >= 11 is 0. The predicted octanol–water partition coefficient (Wildman–Crippen LogP) is 3.13. The van der Waals surface area contributed by atoms with Crippen molar-refractivity contribution in [3.05, 3.63) is 41.3 Å². The molecule has 2 aromatic rings. The number of rotatable bonds is 2. The highest BCUT2D eigenvalue weighted by atomic mass is 16.6. The molecule has 1 N–H and O–H groups in total. The van der Waals surface area contributed by atoms with Gasteiger partial charge in [-0.3, -0.25) is 0 Å². The molecule has 7 heteroatoms. The fourth-order valence-electron chi connectivity index (χ4n) is 2.65. The minimum atomic E-state index is -1.32. The van der Waals surface area contributed by atoms with Crippen molar-refractivity contribution < 1.29 is 24.0 Å². The van der Waals surface area contributed by atoms with Gasteiger partial charge in [-0.05, 0) is 25.0 Å². The molecule has 114 valence electrons. The second kappa shape index (κ2) is 5.18. The van der Waals surface area contributed by atoms with E-state index in [4.69, 9.17) is 14.4 Å². The number of carboxylic acid groups (broad SMARTS) is 1. The third-order valence-corrected chi connectivity index (χ3v) is 3.70. The molecular weight excluding hydrogens is 288 g/mol. The van der Waals surface area contributed by atoms with Crippen LogP contribution in [0.1, 0.15) is 23.1 Å². The van der Waals surface area contributed by atoms with Crippen LogP contribution >= 0.6 is 0 Å². The van der Waals surface area contributed by atoms with Gasteiger partial charge in [0, 0.05) is 5.56 Å². The molecule has 1 aromatic carbocycles. The number of carbonyl (C=O) groups excluding carboxylic acids is 1. The summed E-state index contributed by atoms with van der Waals surface area (Å²) < 4.78 is 9.96. The summed E-state index contributed by atoms with van der Waals surface area (Å²) in [6, 6.07) is 6.65. The molecule has 1 saturated heterocycles. The Balaban J connectivity index is 1.92. The SMILES string of the molecule is Cc1noc(C)c1-c1ccc(C2COC(=O)N2C(=O)O)cc1. The summed E-state index contributed by atoms with van der Waals surface area (Å²) in [6.07, 6.45) is -2.16. The standard InChI is InChI=1S/C15H14N2O5/c1-8-13(9(2)22-16-8)11-5-3-10(4-6-11)12-7-21-15(20)17(12)14(18)19/h3-6,12H,7H2,1-2H3,(H,18,19). The number of aromatic nitrogens is 1. The fourth-order valence-corrected chi connectivity index (χ4v) is 2.65. The van der Waals surface area contributed by atoms with Crippen LogP contribution in [0.4, 0.5) is 9.59 Å². The molecule has 22 heavy (non-hydrogen) atoms. The Morgan fingerprint density at radius 2 is 2.00 bits per heavy atom. The van der Waals surface area contributed by atoms with Gasteiger partial charge < -0.3 is 14.4 Å². The average molecular weight is 302 g/mol. The Kier molecular flexibility index (Phi) is 3.32. The maximum absolute atomic E-state index is 11.4. The molecule has 1 aromatic heterocycles. The number of hydrogen-bond acceptors (Lipinski definition) is 5. The van der Waals surface area contributed by atoms with Crippen LogP contribution in [0.2, 0.25) is 0 Å². The molecule has 1 atom stereocenters. The van der Waals surface area contributed by atoms with E-state index in [9.17, 15) is 9.59 Å². The number of amides is 2. The third-order valence-electron chi connectivity index (χ3n) is 3.70. The Labute approximate surface area is 126 Å². The molecule has 2 heterocycles. The maximum Gasteiger partial charge on any atom is 0.420 e. The minimum Gasteiger partial charge on any atom is -0.465 e. The number of ether oxygens (including phenoxy) is 1. The lowest BCUT2D eigenvalue weighted by Crippen LogP contribution is -2.32. The number of nitrogens with zero attached hydrogens (tertiary/aromatic N) is 2. The Morgan fingerprint density at radius 1 is 1.32 bits per heavy atom. The zero-order chi connectivity index (χ0) is 15.9. The smallest absolute Gasteiger partial charge is 0.420 e. The van der Waals surface area contributed by atoms with E-state index in [2.05, 4.69) is 5.16 Å². The number of cyclic esters (lactones) is 1. The second-order valence-corrected chi connectivity index (χ2v) is 5.07. The lowest BCUT2D eigenvalue weighted by atomic mass is 10.00. The highest BCUT2D eigenvalue weighted by Gasteiger charge is 2.39. The first-order valence-electron chi connectivity index (χ1n) is 6.71. The number of benzene rings is 1. The van der Waals surface area contributed by atoms with Gasteiger partial charge in [0.1, 0.15) is 18.4 Å². The van der Waals surface area contributed by atoms with Crippen molar-refractivity contribution in [3.8, 4) is 11.1 Å². The lowest BCUT2D eigenvalue weighted by molar-refractivity contribution is 0.135. The second-order valence-electron chi connectivity index (χ2n) is 5.07. The molecule has 1 fully saturated rings. The van der Waals surface area contributed by atoms with E-state index in [1.54, 1.807) is 12.1 Å². The zero-order valence-corrected chi connectivity index (χ0v) is 12.1. The van der Waals surface area contributed by atoms with Crippen molar-refractivity contribution >= 4 is 12.2 Å². The van der Waals surface area contributed by atoms with Crippen molar-refractivity contribution in [2.75, 3.05) is 6.61 Å². The van der Waals surface area contributed by atoms with Gasteiger partial charge in [-0.2, -0.15) is 0 Å². The number of aryl methyl sites for hydroxylation is 2. The largest absolute Gasteiger partial charge is 0.465 e. The van der Waals surface area contributed by atoms with Gasteiger partial charge in [0.05, 0.1) is 5.69 Å². The molecular formula is C15H14N2O5. The Morgan fingerprint density at radius 3 is 2.55 bits per heavy atom. The maximum atomic E-state index is 11.4. The van der Waals surface area contributed by atoms with E-state index >= 15 is 0 Å². The highest BCUT2D eigenvalue weighted by molar-refractivity contribution is 5.88. The third kappa shape index (κ3) is 2.20. The van der Waals surface area contributed by atoms with Crippen LogP contribution in [0.15, 0.2) is 28.8 Å². The van der Waals surface area contributed by atoms with Gasteiger partial charge in [0.2, 0.25) is 0 Å². The van der Waals surface area contributed by atoms with Gasteiger partial charge in [-0.25, -0.2) is 14.5 Å². The van der Waals surface area contributed by atoms with Crippen LogP contribution in [0.3, 0.4) is 0 Å². The predicted molar refractivity (Wildman–Crippen MR) is 75.4 cm³/mol.